The number of nitrogens with one attached hydrogen (secondary N) is 2. The lowest BCUT2D eigenvalue weighted by Crippen LogP contribution is -2.49. The first-order valence-corrected chi connectivity index (χ1v) is 7.43. The second kappa shape index (κ2) is 10.5. The highest BCUT2D eigenvalue weighted by molar-refractivity contribution is 5.76. The summed E-state index contributed by atoms with van der Waals surface area (Å²) in [4.78, 5) is 24.8. The zero-order valence-electron chi connectivity index (χ0n) is 13.1. The van der Waals surface area contributed by atoms with E-state index in [-0.39, 0.29) is 24.5 Å². The van der Waals surface area contributed by atoms with Crippen LogP contribution in [0, 0.1) is 0 Å². The van der Waals surface area contributed by atoms with Gasteiger partial charge in [-0.2, -0.15) is 0 Å². The summed E-state index contributed by atoms with van der Waals surface area (Å²) in [6.07, 6.45) is 1.48. The second-order valence-corrected chi connectivity index (χ2v) is 5.09. The molecule has 0 radical (unpaired) electrons. The Bertz CT molecular complexity index is 293. The number of carboxylic acids is 1. The van der Waals surface area contributed by atoms with Gasteiger partial charge in [-0.05, 0) is 26.4 Å². The maximum absolute atomic E-state index is 11.8. The number of amides is 2. The van der Waals surface area contributed by atoms with Gasteiger partial charge in [-0.25, -0.2) is 4.79 Å². The molecule has 0 bridgehead atoms. The highest BCUT2D eigenvalue weighted by atomic mass is 16.4. The highest BCUT2D eigenvalue weighted by Gasteiger charge is 2.16. The summed E-state index contributed by atoms with van der Waals surface area (Å²) in [5.74, 6) is -0.889. The largest absolute Gasteiger partial charge is 0.481 e. The Labute approximate surface area is 121 Å². The SMILES string of the molecule is CCCC(CC(=O)O)NC(=O)NC(C)CN(CC)CC. The maximum atomic E-state index is 11.8. The standard InChI is InChI=1S/C14H29N3O3/c1-5-8-12(9-13(18)19)16-14(20)15-11(4)10-17(6-2)7-3/h11-12H,5-10H2,1-4H3,(H,18,19)(H2,15,16,20). The number of rotatable bonds is 10. The molecule has 0 saturated heterocycles. The smallest absolute Gasteiger partial charge is 0.315 e. The third-order valence-corrected chi connectivity index (χ3v) is 3.20. The van der Waals surface area contributed by atoms with Crippen LogP contribution in [0.1, 0.15) is 47.0 Å². The van der Waals surface area contributed by atoms with Crippen LogP contribution >= 0.6 is 0 Å². The summed E-state index contributed by atoms with van der Waals surface area (Å²) < 4.78 is 0. The minimum absolute atomic E-state index is 0.0296. The molecule has 118 valence electrons. The lowest BCUT2D eigenvalue weighted by Gasteiger charge is -2.24. The molecule has 0 aromatic rings. The molecule has 0 spiro atoms. The molecule has 2 unspecified atom stereocenters. The molecule has 0 aliphatic heterocycles. The Balaban J connectivity index is 4.19. The fourth-order valence-corrected chi connectivity index (χ4v) is 2.15. The first-order valence-electron chi connectivity index (χ1n) is 7.43. The van der Waals surface area contributed by atoms with E-state index in [1.807, 2.05) is 13.8 Å². The number of nitrogens with zero attached hydrogens (tertiary/aromatic N) is 1. The number of carbonyl (C=O) groups excluding carboxylic acids is 1. The van der Waals surface area contributed by atoms with Gasteiger partial charge >= 0.3 is 12.0 Å². The van der Waals surface area contributed by atoms with Crippen molar-refractivity contribution in [2.24, 2.45) is 0 Å². The van der Waals surface area contributed by atoms with Crippen LogP contribution in [-0.2, 0) is 4.79 Å². The van der Waals surface area contributed by atoms with E-state index in [1.54, 1.807) is 0 Å². The lowest BCUT2D eigenvalue weighted by atomic mass is 10.1. The maximum Gasteiger partial charge on any atom is 0.315 e. The molecule has 0 aromatic heterocycles. The molecule has 20 heavy (non-hydrogen) atoms. The van der Waals surface area contributed by atoms with Crippen molar-refractivity contribution < 1.29 is 14.7 Å². The van der Waals surface area contributed by atoms with Gasteiger partial charge in [-0.15, -0.1) is 0 Å². The molecule has 0 aromatic carbocycles. The topological polar surface area (TPSA) is 81.7 Å². The van der Waals surface area contributed by atoms with Crippen LogP contribution in [0.15, 0.2) is 0 Å². The Morgan fingerprint density at radius 2 is 1.75 bits per heavy atom. The van der Waals surface area contributed by atoms with Gasteiger partial charge in [0.05, 0.1) is 6.42 Å². The minimum Gasteiger partial charge on any atom is -0.481 e. The molecule has 0 rings (SSSR count). The molecule has 0 saturated carbocycles. The zero-order chi connectivity index (χ0) is 15.5. The average Bonchev–Trinajstić information content (AvgIpc) is 2.35. The average molecular weight is 287 g/mol. The van der Waals surface area contributed by atoms with Crippen LogP contribution in [0.2, 0.25) is 0 Å². The molecule has 0 heterocycles. The first-order chi connectivity index (χ1) is 9.42. The predicted molar refractivity (Wildman–Crippen MR) is 79.9 cm³/mol. The zero-order valence-corrected chi connectivity index (χ0v) is 13.1. The minimum atomic E-state index is -0.889. The van der Waals surface area contributed by atoms with Crippen LogP contribution in [0.5, 0.6) is 0 Å². The van der Waals surface area contributed by atoms with Crippen LogP contribution in [0.4, 0.5) is 4.79 Å². The fraction of sp³-hybridized carbons (Fsp3) is 0.857. The third-order valence-electron chi connectivity index (χ3n) is 3.20. The van der Waals surface area contributed by atoms with Gasteiger partial charge in [-0.3, -0.25) is 4.79 Å². The number of aliphatic carboxylic acids is 1. The van der Waals surface area contributed by atoms with Gasteiger partial charge < -0.3 is 20.6 Å². The summed E-state index contributed by atoms with van der Waals surface area (Å²) in [5.41, 5.74) is 0. The predicted octanol–water partition coefficient (Wildman–Crippen LogP) is 1.66. The van der Waals surface area contributed by atoms with Crippen molar-refractivity contribution in [2.45, 2.75) is 59.0 Å². The first kappa shape index (κ1) is 18.7. The van der Waals surface area contributed by atoms with Crippen molar-refractivity contribution in [3.63, 3.8) is 0 Å². The van der Waals surface area contributed by atoms with Crippen LogP contribution in [0.25, 0.3) is 0 Å². The van der Waals surface area contributed by atoms with Crippen molar-refractivity contribution in [2.75, 3.05) is 19.6 Å². The van der Waals surface area contributed by atoms with Gasteiger partial charge in [0.15, 0.2) is 0 Å². The molecular formula is C14H29N3O3. The van der Waals surface area contributed by atoms with E-state index in [0.717, 1.165) is 26.1 Å². The van der Waals surface area contributed by atoms with E-state index in [9.17, 15) is 9.59 Å². The van der Waals surface area contributed by atoms with Crippen molar-refractivity contribution >= 4 is 12.0 Å². The van der Waals surface area contributed by atoms with Gasteiger partial charge in [-0.1, -0.05) is 27.2 Å². The van der Waals surface area contributed by atoms with E-state index in [2.05, 4.69) is 29.4 Å². The number of carboxylic acid groups (broad SMARTS) is 1. The third kappa shape index (κ3) is 8.74. The normalized spacial score (nSPS) is 13.8. The summed E-state index contributed by atoms with van der Waals surface area (Å²) >= 11 is 0. The fourth-order valence-electron chi connectivity index (χ4n) is 2.15. The Kier molecular flexibility index (Phi) is 9.80. The summed E-state index contributed by atoms with van der Waals surface area (Å²) in [5, 5.41) is 14.4. The molecule has 0 aliphatic carbocycles. The Hall–Kier alpha value is -1.30. The molecule has 6 heteroatoms. The van der Waals surface area contributed by atoms with E-state index in [0.29, 0.717) is 6.42 Å². The summed E-state index contributed by atoms with van der Waals surface area (Å²) in [7, 11) is 0. The lowest BCUT2D eigenvalue weighted by molar-refractivity contribution is -0.137. The highest BCUT2D eigenvalue weighted by Crippen LogP contribution is 2.02. The number of urea groups is 1. The van der Waals surface area contributed by atoms with Gasteiger partial charge in [0, 0.05) is 18.6 Å². The molecular weight excluding hydrogens is 258 g/mol. The summed E-state index contributed by atoms with van der Waals surface area (Å²) in [6, 6.07) is -0.565. The van der Waals surface area contributed by atoms with Gasteiger partial charge in [0.2, 0.25) is 0 Å². The van der Waals surface area contributed by atoms with E-state index >= 15 is 0 Å². The molecule has 0 fully saturated rings. The number of hydrogen-bond acceptors (Lipinski definition) is 3. The Morgan fingerprint density at radius 3 is 2.20 bits per heavy atom. The van der Waals surface area contributed by atoms with Crippen molar-refractivity contribution in [3.05, 3.63) is 0 Å². The number of hydrogen-bond donors (Lipinski definition) is 3. The van der Waals surface area contributed by atoms with Gasteiger partial charge in [0.1, 0.15) is 0 Å². The van der Waals surface area contributed by atoms with Crippen LogP contribution < -0.4 is 10.6 Å². The van der Waals surface area contributed by atoms with E-state index in [1.165, 1.54) is 0 Å². The molecule has 0 aliphatic rings. The van der Waals surface area contributed by atoms with Crippen LogP contribution in [0.3, 0.4) is 0 Å². The van der Waals surface area contributed by atoms with Crippen molar-refractivity contribution in [1.29, 1.82) is 0 Å². The molecule has 2 atom stereocenters. The van der Waals surface area contributed by atoms with Gasteiger partial charge in [0.25, 0.3) is 0 Å². The Morgan fingerprint density at radius 1 is 1.15 bits per heavy atom. The van der Waals surface area contributed by atoms with Crippen LogP contribution in [-0.4, -0.2) is 53.7 Å². The second-order valence-electron chi connectivity index (χ2n) is 5.09. The van der Waals surface area contributed by atoms with Crippen molar-refractivity contribution in [1.82, 2.24) is 15.5 Å². The molecule has 6 nitrogen and oxygen atoms in total. The van der Waals surface area contributed by atoms with E-state index in [4.69, 9.17) is 5.11 Å². The van der Waals surface area contributed by atoms with E-state index < -0.39 is 5.97 Å². The molecule has 2 amide bonds. The quantitative estimate of drug-likeness (QED) is 0.571. The molecule has 3 N–H and O–H groups in total. The number of carbonyl (C=O) groups is 2. The monoisotopic (exact) mass is 287 g/mol. The summed E-state index contributed by atoms with van der Waals surface area (Å²) in [6.45, 7) is 10.8. The van der Waals surface area contributed by atoms with Crippen molar-refractivity contribution in [3.8, 4) is 0 Å². The number of likely N-dealkylation sites (N-methyl/N-ethyl adjacent to an activating group) is 1.